The molecule has 2 N–H and O–H groups in total. The van der Waals surface area contributed by atoms with E-state index in [1.165, 1.54) is 16.7 Å². The lowest BCUT2D eigenvalue weighted by Gasteiger charge is -2.10. The number of rotatable bonds is 2. The molecule has 2 aromatic rings. The average Bonchev–Trinajstić information content (AvgIpc) is 2.87. The zero-order valence-electron chi connectivity index (χ0n) is 10.6. The van der Waals surface area contributed by atoms with E-state index in [2.05, 4.69) is 66.3 Å². The van der Waals surface area contributed by atoms with Crippen LogP contribution in [0, 0.1) is 0 Å². The van der Waals surface area contributed by atoms with Gasteiger partial charge in [0, 0.05) is 12.1 Å². The van der Waals surface area contributed by atoms with Crippen LogP contribution in [0.3, 0.4) is 0 Å². The van der Waals surface area contributed by atoms with Gasteiger partial charge in [0.15, 0.2) is 0 Å². The molecule has 1 aliphatic heterocycles. The third-order valence-corrected chi connectivity index (χ3v) is 3.51. The first-order valence-corrected chi connectivity index (χ1v) is 6.49. The Morgan fingerprint density at radius 1 is 0.833 bits per heavy atom. The van der Waals surface area contributed by atoms with Crippen molar-refractivity contribution < 1.29 is 0 Å². The first-order valence-electron chi connectivity index (χ1n) is 6.49. The van der Waals surface area contributed by atoms with Crippen LogP contribution in [0.1, 0.15) is 24.9 Å². The van der Waals surface area contributed by atoms with Crippen molar-refractivity contribution in [3.05, 3.63) is 60.2 Å². The lowest BCUT2D eigenvalue weighted by atomic mass is 9.99. The smallest absolute Gasteiger partial charge is 0.0477 e. The summed E-state index contributed by atoms with van der Waals surface area (Å²) >= 11 is 0. The fourth-order valence-electron chi connectivity index (χ4n) is 2.47. The van der Waals surface area contributed by atoms with Crippen molar-refractivity contribution in [3.8, 4) is 11.1 Å². The molecule has 18 heavy (non-hydrogen) atoms. The summed E-state index contributed by atoms with van der Waals surface area (Å²) in [7, 11) is 0. The van der Waals surface area contributed by atoms with E-state index in [1.54, 1.807) is 0 Å². The van der Waals surface area contributed by atoms with Gasteiger partial charge in [-0.2, -0.15) is 0 Å². The number of benzene rings is 2. The maximum Gasteiger partial charge on any atom is 0.0477 e. The molecule has 2 aromatic carbocycles. The molecule has 3 rings (SSSR count). The van der Waals surface area contributed by atoms with Crippen molar-refractivity contribution in [1.82, 2.24) is 10.9 Å². The third kappa shape index (κ3) is 2.30. The monoisotopic (exact) mass is 238 g/mol. The van der Waals surface area contributed by atoms with Crippen LogP contribution in [0.5, 0.6) is 0 Å². The van der Waals surface area contributed by atoms with Crippen molar-refractivity contribution >= 4 is 0 Å². The minimum atomic E-state index is 0.435. The first kappa shape index (κ1) is 11.5. The second-order valence-electron chi connectivity index (χ2n) is 4.97. The molecule has 0 aliphatic carbocycles. The van der Waals surface area contributed by atoms with E-state index in [9.17, 15) is 0 Å². The van der Waals surface area contributed by atoms with Gasteiger partial charge in [0.1, 0.15) is 0 Å². The van der Waals surface area contributed by atoms with Crippen molar-refractivity contribution in [2.75, 3.05) is 0 Å². The zero-order valence-corrected chi connectivity index (χ0v) is 10.6. The molecule has 0 radical (unpaired) electrons. The second kappa shape index (κ2) is 4.92. The summed E-state index contributed by atoms with van der Waals surface area (Å²) in [5, 5.41) is 0. The average molecular weight is 238 g/mol. The molecular weight excluding hydrogens is 220 g/mol. The van der Waals surface area contributed by atoms with E-state index in [-0.39, 0.29) is 0 Å². The summed E-state index contributed by atoms with van der Waals surface area (Å²) < 4.78 is 0. The minimum absolute atomic E-state index is 0.435. The summed E-state index contributed by atoms with van der Waals surface area (Å²) in [6.07, 6.45) is 1.14. The standard InChI is InChI=1S/C16H18N2/c1-12-11-16(18-17-12)15-9-7-14(8-10-15)13-5-3-2-4-6-13/h2-10,12,16-18H,11H2,1H3. The highest BCUT2D eigenvalue weighted by Crippen LogP contribution is 2.25. The van der Waals surface area contributed by atoms with Crippen molar-refractivity contribution in [2.45, 2.75) is 25.4 Å². The summed E-state index contributed by atoms with van der Waals surface area (Å²) in [4.78, 5) is 0. The maximum atomic E-state index is 3.33. The van der Waals surface area contributed by atoms with Gasteiger partial charge in [-0.15, -0.1) is 0 Å². The molecule has 2 nitrogen and oxygen atoms in total. The van der Waals surface area contributed by atoms with Crippen LogP contribution in [0.15, 0.2) is 54.6 Å². The molecule has 2 unspecified atom stereocenters. The molecule has 92 valence electrons. The molecule has 1 aliphatic rings. The summed E-state index contributed by atoms with van der Waals surface area (Å²) in [5.41, 5.74) is 10.5. The van der Waals surface area contributed by atoms with E-state index < -0.39 is 0 Å². The van der Waals surface area contributed by atoms with Gasteiger partial charge >= 0.3 is 0 Å². The second-order valence-corrected chi connectivity index (χ2v) is 4.97. The Morgan fingerprint density at radius 3 is 2.11 bits per heavy atom. The highest BCUT2D eigenvalue weighted by molar-refractivity contribution is 5.63. The quantitative estimate of drug-likeness (QED) is 0.839. The fourth-order valence-corrected chi connectivity index (χ4v) is 2.47. The molecule has 0 aromatic heterocycles. The Kier molecular flexibility index (Phi) is 3.13. The van der Waals surface area contributed by atoms with E-state index in [1.807, 2.05) is 6.07 Å². The van der Waals surface area contributed by atoms with Crippen LogP contribution in [-0.4, -0.2) is 6.04 Å². The SMILES string of the molecule is CC1CC(c2ccc(-c3ccccc3)cc2)NN1. The molecule has 0 saturated carbocycles. The molecule has 1 fully saturated rings. The van der Waals surface area contributed by atoms with E-state index in [0.29, 0.717) is 12.1 Å². The van der Waals surface area contributed by atoms with Gasteiger partial charge in [-0.05, 0) is 30.0 Å². The number of nitrogens with one attached hydrogen (secondary N) is 2. The lowest BCUT2D eigenvalue weighted by molar-refractivity contribution is 0.560. The van der Waals surface area contributed by atoms with Gasteiger partial charge in [0.25, 0.3) is 0 Å². The topological polar surface area (TPSA) is 24.1 Å². The van der Waals surface area contributed by atoms with Gasteiger partial charge in [-0.1, -0.05) is 54.6 Å². The van der Waals surface area contributed by atoms with Crippen molar-refractivity contribution in [2.24, 2.45) is 0 Å². The van der Waals surface area contributed by atoms with Gasteiger partial charge in [-0.3, -0.25) is 10.9 Å². The summed E-state index contributed by atoms with van der Waals surface area (Å²) in [6, 6.07) is 20.3. The molecule has 1 saturated heterocycles. The Morgan fingerprint density at radius 2 is 1.50 bits per heavy atom. The van der Waals surface area contributed by atoms with Crippen LogP contribution >= 0.6 is 0 Å². The van der Waals surface area contributed by atoms with Gasteiger partial charge in [0.05, 0.1) is 0 Å². The Labute approximate surface area is 108 Å². The summed E-state index contributed by atoms with van der Waals surface area (Å²) in [5.74, 6) is 0. The number of hydrazine groups is 1. The van der Waals surface area contributed by atoms with Gasteiger partial charge < -0.3 is 0 Å². The normalized spacial score (nSPS) is 23.2. The Hall–Kier alpha value is -1.64. The van der Waals surface area contributed by atoms with E-state index in [0.717, 1.165) is 6.42 Å². The lowest BCUT2D eigenvalue weighted by Crippen LogP contribution is -2.28. The Bertz CT molecular complexity index is 504. The van der Waals surface area contributed by atoms with Crippen LogP contribution in [0.25, 0.3) is 11.1 Å². The van der Waals surface area contributed by atoms with E-state index in [4.69, 9.17) is 0 Å². The molecule has 2 atom stereocenters. The highest BCUT2D eigenvalue weighted by atomic mass is 15.4. The van der Waals surface area contributed by atoms with Gasteiger partial charge in [0.2, 0.25) is 0 Å². The highest BCUT2D eigenvalue weighted by Gasteiger charge is 2.21. The number of hydrogen-bond acceptors (Lipinski definition) is 2. The first-order chi connectivity index (χ1) is 8.83. The Balaban J connectivity index is 1.81. The van der Waals surface area contributed by atoms with Crippen LogP contribution in [-0.2, 0) is 0 Å². The van der Waals surface area contributed by atoms with Crippen LogP contribution in [0.4, 0.5) is 0 Å². The molecule has 0 bridgehead atoms. The molecular formula is C16H18N2. The van der Waals surface area contributed by atoms with Crippen LogP contribution < -0.4 is 10.9 Å². The third-order valence-electron chi connectivity index (χ3n) is 3.51. The largest absolute Gasteiger partial charge is 0.254 e. The van der Waals surface area contributed by atoms with Crippen molar-refractivity contribution in [3.63, 3.8) is 0 Å². The predicted molar refractivity (Wildman–Crippen MR) is 75.0 cm³/mol. The summed E-state index contributed by atoms with van der Waals surface area (Å²) in [6.45, 7) is 2.20. The van der Waals surface area contributed by atoms with Crippen molar-refractivity contribution in [1.29, 1.82) is 0 Å². The maximum absolute atomic E-state index is 3.33. The van der Waals surface area contributed by atoms with Crippen LogP contribution in [0.2, 0.25) is 0 Å². The molecule has 0 spiro atoms. The minimum Gasteiger partial charge on any atom is -0.254 e. The zero-order chi connectivity index (χ0) is 12.4. The van der Waals surface area contributed by atoms with E-state index >= 15 is 0 Å². The molecule has 0 amide bonds. The molecule has 2 heteroatoms. The predicted octanol–water partition coefficient (Wildman–Crippen LogP) is 3.28. The fraction of sp³-hybridized carbons (Fsp3) is 0.250. The van der Waals surface area contributed by atoms with Gasteiger partial charge in [-0.25, -0.2) is 0 Å². The molecule has 1 heterocycles. The number of hydrogen-bond donors (Lipinski definition) is 2.